The minimum Gasteiger partial charge on any atom is -0.462 e. The summed E-state index contributed by atoms with van der Waals surface area (Å²) in [6.45, 7) is 13.5. The summed E-state index contributed by atoms with van der Waals surface area (Å²) in [5.74, 6) is 1.51. The Morgan fingerprint density at radius 1 is 0.441 bits per heavy atom. The number of thioether (sulfide) groups is 3. The van der Waals surface area contributed by atoms with E-state index in [9.17, 15) is 33.9 Å². The van der Waals surface area contributed by atoms with E-state index in [1.54, 1.807) is 35.3 Å². The molecule has 68 heavy (non-hydrogen) atoms. The Hall–Kier alpha value is -3.03. The number of aliphatic hydroxyl groups excluding tert-OH is 1. The quantitative estimate of drug-likeness (QED) is 0.0272. The van der Waals surface area contributed by atoms with Gasteiger partial charge in [0.2, 0.25) is 0 Å². The van der Waals surface area contributed by atoms with Crippen molar-refractivity contribution in [1.82, 2.24) is 9.80 Å². The number of rotatable bonds is 45. The summed E-state index contributed by atoms with van der Waals surface area (Å²) in [6, 6.07) is 0. The first-order valence-corrected chi connectivity index (χ1v) is 28.0. The van der Waals surface area contributed by atoms with Crippen LogP contribution in [0.3, 0.4) is 0 Å². The molecule has 0 amide bonds. The highest BCUT2D eigenvalue weighted by atomic mass is 32.2. The zero-order valence-corrected chi connectivity index (χ0v) is 44.6. The van der Waals surface area contributed by atoms with Crippen molar-refractivity contribution < 1.29 is 62.3 Å². The van der Waals surface area contributed by atoms with Gasteiger partial charge in [-0.1, -0.05) is 78.0 Å². The monoisotopic (exact) mass is 1020 g/mol. The van der Waals surface area contributed by atoms with Crippen LogP contribution in [0, 0.1) is 17.8 Å². The van der Waals surface area contributed by atoms with Gasteiger partial charge in [-0.25, -0.2) is 0 Å². The Morgan fingerprint density at radius 3 is 1.03 bits per heavy atom. The Labute approximate surface area is 421 Å². The zero-order chi connectivity index (χ0) is 50.5. The highest BCUT2D eigenvalue weighted by Crippen LogP contribution is 2.14. The maximum absolute atomic E-state index is 12.7. The average molecular weight is 1020 g/mol. The number of esters is 6. The van der Waals surface area contributed by atoms with Crippen molar-refractivity contribution in [2.75, 3.05) is 120 Å². The third-order valence-corrected chi connectivity index (χ3v) is 13.6. The number of hydrogen-bond acceptors (Lipinski definition) is 18. The van der Waals surface area contributed by atoms with Crippen LogP contribution in [0.25, 0.3) is 0 Å². The van der Waals surface area contributed by atoms with Crippen LogP contribution in [0.15, 0.2) is 36.5 Å². The van der Waals surface area contributed by atoms with Gasteiger partial charge >= 0.3 is 35.8 Å². The number of ether oxygens (including phenoxy) is 6. The van der Waals surface area contributed by atoms with E-state index < -0.39 is 17.9 Å². The van der Waals surface area contributed by atoms with Crippen LogP contribution in [0.2, 0.25) is 0 Å². The molecule has 392 valence electrons. The lowest BCUT2D eigenvalue weighted by atomic mass is 10.2. The molecule has 15 nitrogen and oxygen atoms in total. The molecule has 0 rings (SSSR count). The molecule has 0 aliphatic rings. The smallest absolute Gasteiger partial charge is 0.309 e. The highest BCUT2D eigenvalue weighted by molar-refractivity contribution is 7.99. The minimum absolute atomic E-state index is 0.0240. The van der Waals surface area contributed by atoms with Crippen molar-refractivity contribution in [3.8, 4) is 0 Å². The summed E-state index contributed by atoms with van der Waals surface area (Å²) >= 11 is 5.08. The first-order valence-electron chi connectivity index (χ1n) is 24.6. The van der Waals surface area contributed by atoms with Crippen LogP contribution in [0.5, 0.6) is 0 Å². The van der Waals surface area contributed by atoms with E-state index in [-0.39, 0.29) is 114 Å². The van der Waals surface area contributed by atoms with Crippen molar-refractivity contribution in [2.24, 2.45) is 17.8 Å². The van der Waals surface area contributed by atoms with E-state index in [4.69, 9.17) is 28.4 Å². The van der Waals surface area contributed by atoms with Gasteiger partial charge in [0.1, 0.15) is 39.6 Å². The lowest BCUT2D eigenvalue weighted by Gasteiger charge is -2.25. The Balaban J connectivity index is 4.97. The van der Waals surface area contributed by atoms with Crippen LogP contribution in [-0.4, -0.2) is 171 Å². The van der Waals surface area contributed by atoms with Gasteiger partial charge in [0, 0.05) is 43.4 Å². The van der Waals surface area contributed by atoms with Gasteiger partial charge in [0.15, 0.2) is 0 Å². The predicted octanol–water partition coefficient (Wildman–Crippen LogP) is 7.58. The number of nitrogens with zero attached hydrogens (tertiary/aromatic N) is 2. The largest absolute Gasteiger partial charge is 0.462 e. The van der Waals surface area contributed by atoms with Gasteiger partial charge < -0.3 is 43.3 Å². The van der Waals surface area contributed by atoms with Crippen molar-refractivity contribution in [2.45, 2.75) is 106 Å². The lowest BCUT2D eigenvalue weighted by Crippen LogP contribution is -2.35. The van der Waals surface area contributed by atoms with Crippen LogP contribution >= 0.6 is 35.3 Å². The fraction of sp³-hybridized carbons (Fsp3) is 0.760. The lowest BCUT2D eigenvalue weighted by molar-refractivity contribution is -0.154. The van der Waals surface area contributed by atoms with Gasteiger partial charge in [0.25, 0.3) is 0 Å². The molecule has 0 aliphatic heterocycles. The molecule has 0 radical (unpaired) electrons. The molecular weight excluding hydrogens is 933 g/mol. The number of hydrogen-bond donors (Lipinski definition) is 1. The van der Waals surface area contributed by atoms with Crippen molar-refractivity contribution in [3.63, 3.8) is 0 Å². The summed E-state index contributed by atoms with van der Waals surface area (Å²) in [6.07, 6.45) is 19.4. The summed E-state index contributed by atoms with van der Waals surface area (Å²) in [7, 11) is 0. The van der Waals surface area contributed by atoms with Crippen LogP contribution < -0.4 is 0 Å². The van der Waals surface area contributed by atoms with Crippen molar-refractivity contribution in [1.29, 1.82) is 0 Å². The summed E-state index contributed by atoms with van der Waals surface area (Å²) in [4.78, 5) is 78.9. The third kappa shape index (κ3) is 39.8. The first kappa shape index (κ1) is 65.0. The van der Waals surface area contributed by atoms with Gasteiger partial charge in [-0.15, -0.1) is 0 Å². The molecule has 0 fully saturated rings. The van der Waals surface area contributed by atoms with E-state index in [2.05, 4.69) is 57.2 Å². The first-order chi connectivity index (χ1) is 32.9. The maximum atomic E-state index is 12.7. The number of allylic oxidation sites excluding steroid dienone is 6. The normalized spacial score (nSPS) is 13.0. The van der Waals surface area contributed by atoms with Crippen LogP contribution in [-0.2, 0) is 57.2 Å². The molecule has 0 heterocycles. The topological polar surface area (TPSA) is 185 Å². The third-order valence-electron chi connectivity index (χ3n) is 9.84. The highest BCUT2D eigenvalue weighted by Gasteiger charge is 2.19. The molecule has 3 unspecified atom stereocenters. The van der Waals surface area contributed by atoms with Gasteiger partial charge in [-0.3, -0.25) is 28.8 Å². The molecule has 18 heteroatoms. The van der Waals surface area contributed by atoms with Crippen LogP contribution in [0.1, 0.15) is 106 Å². The molecule has 0 bridgehead atoms. The average Bonchev–Trinajstić information content (AvgIpc) is 3.33. The van der Waals surface area contributed by atoms with E-state index in [1.807, 2.05) is 30.6 Å². The zero-order valence-electron chi connectivity index (χ0n) is 42.2. The number of carbonyl (C=O) groups is 6. The second-order valence-corrected chi connectivity index (χ2v) is 19.6. The van der Waals surface area contributed by atoms with Gasteiger partial charge in [-0.05, 0) is 75.3 Å². The molecule has 0 aliphatic carbocycles. The van der Waals surface area contributed by atoms with E-state index in [1.165, 1.54) is 0 Å². The predicted molar refractivity (Wildman–Crippen MR) is 276 cm³/mol. The number of aliphatic hydroxyl groups is 1. The number of carbonyl (C=O) groups excluding carboxylic acids is 6. The summed E-state index contributed by atoms with van der Waals surface area (Å²) < 4.78 is 31.9. The molecule has 0 aromatic rings. The standard InChI is InChI=1S/C50H86N2O13S3/c1-7-10-13-16-36-66-39-42(4)48(57)63-33-30-60-45(54)20-25-51(26-21-46(55)61-31-34-64-49(58)43(5)40-67-37-17-14-11-8-2)23-19-24-52(28-29-53)27-22-47(56)62-32-35-65-50(59)44(6)41-68-38-18-15-12-9-3/h10-15,42-44,53H,7-9,16-41H2,1-6H3/b13-10-,14-11-,15-12-. The molecule has 1 N–H and O–H groups in total. The van der Waals surface area contributed by atoms with Gasteiger partial charge in [0.05, 0.1) is 43.6 Å². The second kappa shape index (κ2) is 46.4. The fourth-order valence-corrected chi connectivity index (χ4v) is 8.78. The van der Waals surface area contributed by atoms with Crippen molar-refractivity contribution in [3.05, 3.63) is 36.5 Å². The summed E-state index contributed by atoms with van der Waals surface area (Å²) in [5, 5.41) is 9.72. The van der Waals surface area contributed by atoms with E-state index in [0.717, 1.165) is 55.8 Å². The SMILES string of the molecule is CC/C=C\CCSCC(C)C(=O)OCCOC(=O)CCN(CCO)CCCN(CCC(=O)OCCOC(=O)C(C)CSCC/C=C\CC)CCC(=O)OCCOC(=O)C(C)CSCC/C=C\CC. The fourth-order valence-electron chi connectivity index (χ4n) is 5.91. The molecule has 0 spiro atoms. The molecule has 3 atom stereocenters. The van der Waals surface area contributed by atoms with E-state index in [0.29, 0.717) is 49.9 Å². The Morgan fingerprint density at radius 2 is 0.735 bits per heavy atom. The molecular formula is C50H86N2O13S3. The molecule has 0 aromatic carbocycles. The molecule has 0 saturated heterocycles. The second-order valence-electron chi connectivity index (χ2n) is 16.1. The van der Waals surface area contributed by atoms with Crippen molar-refractivity contribution >= 4 is 71.1 Å². The molecule has 0 aromatic heterocycles. The van der Waals surface area contributed by atoms with Crippen LogP contribution in [0.4, 0.5) is 0 Å². The minimum atomic E-state index is -0.477. The van der Waals surface area contributed by atoms with E-state index >= 15 is 0 Å². The summed E-state index contributed by atoms with van der Waals surface area (Å²) in [5.41, 5.74) is 0. The molecule has 0 saturated carbocycles. The Bertz CT molecular complexity index is 1370. The van der Waals surface area contributed by atoms with Gasteiger partial charge in [-0.2, -0.15) is 35.3 Å². The Kier molecular flexibility index (Phi) is 44.3. The maximum Gasteiger partial charge on any atom is 0.309 e.